The molecular weight excluding hydrogens is 206 g/mol. The minimum Gasteiger partial charge on any atom is -0.294 e. The number of aromatic nitrogens is 2. The van der Waals surface area contributed by atoms with Crippen molar-refractivity contribution in [2.24, 2.45) is 0 Å². The Morgan fingerprint density at radius 3 is 2.50 bits per heavy atom. The summed E-state index contributed by atoms with van der Waals surface area (Å²) < 4.78 is 25.1. The first-order valence-corrected chi connectivity index (χ1v) is 5.23. The van der Waals surface area contributed by atoms with Gasteiger partial charge in [0.25, 0.3) is 0 Å². The minimum absolute atomic E-state index is 0.115. The second-order valence-electron chi connectivity index (χ2n) is 2.94. The molecule has 7 heteroatoms. The van der Waals surface area contributed by atoms with Gasteiger partial charge in [-0.3, -0.25) is 4.79 Å². The SMILES string of the molecule is Cc1cn(S(=O)(=O)N(C)C)c(C=O)n1. The minimum atomic E-state index is -3.64. The maximum atomic E-state index is 11.6. The highest BCUT2D eigenvalue weighted by atomic mass is 32.2. The molecule has 0 unspecified atom stereocenters. The highest BCUT2D eigenvalue weighted by Gasteiger charge is 2.20. The van der Waals surface area contributed by atoms with Gasteiger partial charge >= 0.3 is 10.2 Å². The summed E-state index contributed by atoms with van der Waals surface area (Å²) in [5.74, 6) is -0.115. The summed E-state index contributed by atoms with van der Waals surface area (Å²) >= 11 is 0. The van der Waals surface area contributed by atoms with Crippen molar-refractivity contribution in [3.8, 4) is 0 Å². The smallest absolute Gasteiger partial charge is 0.294 e. The first-order chi connectivity index (χ1) is 6.39. The number of rotatable bonds is 3. The van der Waals surface area contributed by atoms with E-state index >= 15 is 0 Å². The van der Waals surface area contributed by atoms with Crippen LogP contribution in [-0.2, 0) is 10.2 Å². The predicted molar refractivity (Wildman–Crippen MR) is 50.4 cm³/mol. The largest absolute Gasteiger partial charge is 0.308 e. The van der Waals surface area contributed by atoms with E-state index in [1.807, 2.05) is 0 Å². The first-order valence-electron chi connectivity index (χ1n) is 3.83. The number of carbonyl (C=O) groups excluding carboxylic acids is 1. The summed E-state index contributed by atoms with van der Waals surface area (Å²) in [6.07, 6.45) is 1.72. The highest BCUT2D eigenvalue weighted by Crippen LogP contribution is 2.06. The Labute approximate surface area is 82.3 Å². The molecule has 0 spiro atoms. The van der Waals surface area contributed by atoms with Gasteiger partial charge in [0.05, 0.1) is 5.69 Å². The van der Waals surface area contributed by atoms with Crippen LogP contribution in [0.1, 0.15) is 16.3 Å². The van der Waals surface area contributed by atoms with Crippen LogP contribution in [0.25, 0.3) is 0 Å². The van der Waals surface area contributed by atoms with Crippen LogP contribution in [-0.4, -0.2) is 42.1 Å². The van der Waals surface area contributed by atoms with Crippen LogP contribution in [0, 0.1) is 6.92 Å². The molecule has 6 nitrogen and oxygen atoms in total. The summed E-state index contributed by atoms with van der Waals surface area (Å²) in [5, 5.41) is 0. The van der Waals surface area contributed by atoms with Crippen molar-refractivity contribution in [2.45, 2.75) is 6.92 Å². The molecule has 0 aliphatic rings. The van der Waals surface area contributed by atoms with Gasteiger partial charge in [-0.2, -0.15) is 12.7 Å². The second-order valence-corrected chi connectivity index (χ2v) is 4.96. The molecule has 14 heavy (non-hydrogen) atoms. The quantitative estimate of drug-likeness (QED) is 0.649. The summed E-state index contributed by atoms with van der Waals surface area (Å²) in [5.41, 5.74) is 0.484. The Kier molecular flexibility index (Phi) is 2.72. The zero-order valence-corrected chi connectivity index (χ0v) is 8.95. The van der Waals surface area contributed by atoms with E-state index in [9.17, 15) is 13.2 Å². The average molecular weight is 217 g/mol. The summed E-state index contributed by atoms with van der Waals surface area (Å²) in [4.78, 5) is 14.3. The maximum Gasteiger partial charge on any atom is 0.308 e. The number of carbonyl (C=O) groups is 1. The van der Waals surface area contributed by atoms with Crippen molar-refractivity contribution >= 4 is 16.5 Å². The fourth-order valence-electron chi connectivity index (χ4n) is 0.934. The van der Waals surface area contributed by atoms with Crippen LogP contribution >= 0.6 is 0 Å². The van der Waals surface area contributed by atoms with Gasteiger partial charge in [0.2, 0.25) is 0 Å². The third-order valence-corrected chi connectivity index (χ3v) is 3.35. The lowest BCUT2D eigenvalue weighted by Gasteiger charge is -2.11. The number of aldehydes is 1. The number of nitrogens with zero attached hydrogens (tertiary/aromatic N) is 3. The van der Waals surface area contributed by atoms with E-state index in [-0.39, 0.29) is 5.82 Å². The zero-order chi connectivity index (χ0) is 10.9. The number of aryl methyl sites for hydroxylation is 1. The second kappa shape index (κ2) is 3.50. The van der Waals surface area contributed by atoms with Gasteiger partial charge in [0.15, 0.2) is 12.1 Å². The van der Waals surface area contributed by atoms with Crippen molar-refractivity contribution in [1.29, 1.82) is 0 Å². The lowest BCUT2D eigenvalue weighted by Crippen LogP contribution is -2.29. The molecule has 0 radical (unpaired) electrons. The van der Waals surface area contributed by atoms with Crippen molar-refractivity contribution < 1.29 is 13.2 Å². The molecule has 0 bridgehead atoms. The van der Waals surface area contributed by atoms with Crippen molar-refractivity contribution in [2.75, 3.05) is 14.1 Å². The van der Waals surface area contributed by atoms with Crippen molar-refractivity contribution in [1.82, 2.24) is 13.3 Å². The Morgan fingerprint density at radius 2 is 2.07 bits per heavy atom. The molecule has 1 heterocycles. The van der Waals surface area contributed by atoms with Gasteiger partial charge in [-0.15, -0.1) is 0 Å². The molecule has 0 fully saturated rings. The van der Waals surface area contributed by atoms with Crippen molar-refractivity contribution in [3.63, 3.8) is 0 Å². The predicted octanol–water partition coefficient (Wildman–Crippen LogP) is -0.341. The maximum absolute atomic E-state index is 11.6. The molecular formula is C7H11N3O3S. The Bertz CT molecular complexity index is 447. The molecule has 1 rings (SSSR count). The van der Waals surface area contributed by atoms with E-state index in [1.54, 1.807) is 6.92 Å². The van der Waals surface area contributed by atoms with Gasteiger partial charge in [-0.05, 0) is 6.92 Å². The monoisotopic (exact) mass is 217 g/mol. The molecule has 0 saturated heterocycles. The Morgan fingerprint density at radius 1 is 1.50 bits per heavy atom. The van der Waals surface area contributed by atoms with Gasteiger partial charge < -0.3 is 0 Å². The lowest BCUT2D eigenvalue weighted by atomic mass is 10.6. The molecule has 78 valence electrons. The molecule has 0 amide bonds. The highest BCUT2D eigenvalue weighted by molar-refractivity contribution is 7.87. The van der Waals surface area contributed by atoms with Gasteiger partial charge in [0, 0.05) is 20.3 Å². The topological polar surface area (TPSA) is 72.3 Å². The zero-order valence-electron chi connectivity index (χ0n) is 8.13. The number of hydrogen-bond acceptors (Lipinski definition) is 4. The molecule has 1 aromatic heterocycles. The average Bonchev–Trinajstić information content (AvgIpc) is 2.46. The lowest BCUT2D eigenvalue weighted by molar-refractivity contribution is 0.111. The van der Waals surface area contributed by atoms with Crippen molar-refractivity contribution in [3.05, 3.63) is 17.7 Å². The standard InChI is InChI=1S/C7H11N3O3S/c1-6-4-10(7(5-11)8-6)14(12,13)9(2)3/h4-5H,1-3H3. The third kappa shape index (κ3) is 1.68. The fraction of sp³-hybridized carbons (Fsp3) is 0.429. The van der Waals surface area contributed by atoms with E-state index in [0.717, 1.165) is 8.28 Å². The van der Waals surface area contributed by atoms with Gasteiger partial charge in [-0.25, -0.2) is 8.96 Å². The van der Waals surface area contributed by atoms with E-state index < -0.39 is 10.2 Å². The molecule has 0 aliphatic heterocycles. The van der Waals surface area contributed by atoms with E-state index in [1.165, 1.54) is 20.3 Å². The van der Waals surface area contributed by atoms with Crippen LogP contribution in [0.4, 0.5) is 0 Å². The van der Waals surface area contributed by atoms with Crippen LogP contribution in [0.3, 0.4) is 0 Å². The van der Waals surface area contributed by atoms with Gasteiger partial charge in [-0.1, -0.05) is 0 Å². The van der Waals surface area contributed by atoms with Crippen LogP contribution in [0.5, 0.6) is 0 Å². The molecule has 1 aromatic rings. The molecule has 0 aliphatic carbocycles. The van der Waals surface area contributed by atoms with Gasteiger partial charge in [0.1, 0.15) is 0 Å². The molecule has 0 atom stereocenters. The van der Waals surface area contributed by atoms with Crippen LogP contribution in [0.15, 0.2) is 6.20 Å². The Balaban J connectivity index is 3.39. The molecule has 0 saturated carbocycles. The van der Waals surface area contributed by atoms with Crippen LogP contribution in [0.2, 0.25) is 0 Å². The van der Waals surface area contributed by atoms with E-state index in [4.69, 9.17) is 0 Å². The summed E-state index contributed by atoms with van der Waals surface area (Å²) in [7, 11) is -0.866. The van der Waals surface area contributed by atoms with E-state index in [0.29, 0.717) is 12.0 Å². The summed E-state index contributed by atoms with van der Waals surface area (Å²) in [6, 6.07) is 0. The summed E-state index contributed by atoms with van der Waals surface area (Å²) in [6.45, 7) is 1.62. The van der Waals surface area contributed by atoms with Crippen LogP contribution < -0.4 is 0 Å². The normalized spacial score (nSPS) is 12.0. The number of hydrogen-bond donors (Lipinski definition) is 0. The van der Waals surface area contributed by atoms with E-state index in [2.05, 4.69) is 4.98 Å². The third-order valence-electron chi connectivity index (χ3n) is 1.64. The Hall–Kier alpha value is -1.21. The number of imidazole rings is 1. The first kappa shape index (κ1) is 10.9. The molecule has 0 N–H and O–H groups in total. The fourth-order valence-corrected chi connectivity index (χ4v) is 1.89. The molecule has 0 aromatic carbocycles.